The number of nitrogens with zero attached hydrogens (tertiary/aromatic N) is 1. The summed E-state index contributed by atoms with van der Waals surface area (Å²) in [7, 11) is 0. The van der Waals surface area contributed by atoms with Gasteiger partial charge in [-0.15, -0.1) is 0 Å². The average Bonchev–Trinajstić information content (AvgIpc) is 2.39. The van der Waals surface area contributed by atoms with Crippen LogP contribution in [0.3, 0.4) is 0 Å². The van der Waals surface area contributed by atoms with Crippen molar-refractivity contribution in [2.24, 2.45) is 0 Å². The molecule has 1 N–H and O–H groups in total. The fraction of sp³-hybridized carbons (Fsp3) is 0.235. The number of rotatable bonds is 3. The minimum atomic E-state index is 0.716. The van der Waals surface area contributed by atoms with Gasteiger partial charge in [-0.05, 0) is 55.7 Å². The third-order valence-electron chi connectivity index (χ3n) is 3.32. The molecule has 2 heteroatoms. The Morgan fingerprint density at radius 1 is 1.00 bits per heavy atom. The number of anilines is 1. The zero-order chi connectivity index (χ0) is 13.8. The highest BCUT2D eigenvalue weighted by Crippen LogP contribution is 2.18. The summed E-state index contributed by atoms with van der Waals surface area (Å²) in [5, 5.41) is 12.3. The number of aryl methyl sites for hydroxylation is 3. The van der Waals surface area contributed by atoms with E-state index in [1.165, 1.54) is 16.7 Å². The van der Waals surface area contributed by atoms with Crippen molar-refractivity contribution < 1.29 is 0 Å². The molecule has 0 radical (unpaired) electrons. The van der Waals surface area contributed by atoms with Crippen molar-refractivity contribution in [1.29, 1.82) is 5.26 Å². The van der Waals surface area contributed by atoms with E-state index in [-0.39, 0.29) is 0 Å². The molecule has 0 aliphatic rings. The molecule has 0 heterocycles. The van der Waals surface area contributed by atoms with Gasteiger partial charge in [-0.3, -0.25) is 0 Å². The second-order valence-electron chi connectivity index (χ2n) is 4.92. The van der Waals surface area contributed by atoms with E-state index >= 15 is 0 Å². The topological polar surface area (TPSA) is 35.8 Å². The Morgan fingerprint density at radius 2 is 1.79 bits per heavy atom. The van der Waals surface area contributed by atoms with Gasteiger partial charge >= 0.3 is 0 Å². The summed E-state index contributed by atoms with van der Waals surface area (Å²) in [6.07, 6.45) is 0. The van der Waals surface area contributed by atoms with E-state index in [2.05, 4.69) is 43.4 Å². The Morgan fingerprint density at radius 3 is 2.42 bits per heavy atom. The number of nitrogens with one attached hydrogen (secondary N) is 1. The molecule has 2 aromatic rings. The molecular weight excluding hydrogens is 232 g/mol. The van der Waals surface area contributed by atoms with Gasteiger partial charge in [0, 0.05) is 12.2 Å². The maximum atomic E-state index is 8.86. The van der Waals surface area contributed by atoms with Crippen LogP contribution < -0.4 is 5.32 Å². The first-order valence-corrected chi connectivity index (χ1v) is 6.41. The monoisotopic (exact) mass is 250 g/mol. The predicted octanol–water partition coefficient (Wildman–Crippen LogP) is 4.10. The molecule has 0 bridgehead atoms. The maximum Gasteiger partial charge on any atom is 0.0991 e. The summed E-state index contributed by atoms with van der Waals surface area (Å²) >= 11 is 0. The SMILES string of the molecule is Cc1ccc(NCc2ccc(C#N)cc2C)c(C)c1. The standard InChI is InChI=1S/C17H18N2/c1-12-4-7-17(14(3)8-12)19-11-16-6-5-15(10-18)9-13(16)2/h4-9,19H,11H2,1-3H3. The molecule has 0 unspecified atom stereocenters. The van der Waals surface area contributed by atoms with Crippen molar-refractivity contribution in [3.05, 3.63) is 64.2 Å². The predicted molar refractivity (Wildman–Crippen MR) is 79.1 cm³/mol. The summed E-state index contributed by atoms with van der Waals surface area (Å²) < 4.78 is 0. The smallest absolute Gasteiger partial charge is 0.0991 e. The molecule has 2 aromatic carbocycles. The lowest BCUT2D eigenvalue weighted by atomic mass is 10.1. The van der Waals surface area contributed by atoms with Crippen LogP contribution in [-0.4, -0.2) is 0 Å². The fourth-order valence-electron chi connectivity index (χ4n) is 2.17. The summed E-state index contributed by atoms with van der Waals surface area (Å²) in [6, 6.07) is 14.4. The molecule has 0 atom stereocenters. The van der Waals surface area contributed by atoms with E-state index in [4.69, 9.17) is 5.26 Å². The van der Waals surface area contributed by atoms with Gasteiger partial charge in [-0.2, -0.15) is 5.26 Å². The van der Waals surface area contributed by atoms with Gasteiger partial charge in [0.25, 0.3) is 0 Å². The molecule has 0 fully saturated rings. The van der Waals surface area contributed by atoms with E-state index in [0.717, 1.165) is 17.8 Å². The zero-order valence-corrected chi connectivity index (χ0v) is 11.6. The van der Waals surface area contributed by atoms with Crippen LogP contribution in [0.1, 0.15) is 27.8 Å². The van der Waals surface area contributed by atoms with Crippen molar-refractivity contribution in [2.45, 2.75) is 27.3 Å². The highest BCUT2D eigenvalue weighted by molar-refractivity contribution is 5.52. The molecule has 0 spiro atoms. The van der Waals surface area contributed by atoms with Crippen LogP contribution in [-0.2, 0) is 6.54 Å². The number of hydrogen-bond donors (Lipinski definition) is 1. The quantitative estimate of drug-likeness (QED) is 0.890. The Bertz CT molecular complexity index is 636. The van der Waals surface area contributed by atoms with Crippen molar-refractivity contribution in [1.82, 2.24) is 0 Å². The Labute approximate surface area is 114 Å². The third kappa shape index (κ3) is 3.14. The van der Waals surface area contributed by atoms with Gasteiger partial charge in [-0.1, -0.05) is 23.8 Å². The van der Waals surface area contributed by atoms with Crippen LogP contribution in [0.15, 0.2) is 36.4 Å². The van der Waals surface area contributed by atoms with Gasteiger partial charge < -0.3 is 5.32 Å². The van der Waals surface area contributed by atoms with Gasteiger partial charge in [-0.25, -0.2) is 0 Å². The Kier molecular flexibility index (Phi) is 3.87. The van der Waals surface area contributed by atoms with Crippen LogP contribution in [0.4, 0.5) is 5.69 Å². The van der Waals surface area contributed by atoms with Gasteiger partial charge in [0.15, 0.2) is 0 Å². The second-order valence-corrected chi connectivity index (χ2v) is 4.92. The normalized spacial score (nSPS) is 10.0. The Hall–Kier alpha value is -2.27. The minimum absolute atomic E-state index is 0.716. The summed E-state index contributed by atoms with van der Waals surface area (Å²) in [6.45, 7) is 7.03. The first kappa shape index (κ1) is 13.2. The van der Waals surface area contributed by atoms with E-state index in [1.54, 1.807) is 0 Å². The maximum absolute atomic E-state index is 8.86. The molecule has 0 aliphatic heterocycles. The molecule has 0 amide bonds. The minimum Gasteiger partial charge on any atom is -0.381 e. The molecule has 2 nitrogen and oxygen atoms in total. The van der Waals surface area contributed by atoms with Crippen LogP contribution >= 0.6 is 0 Å². The first-order chi connectivity index (χ1) is 9.10. The largest absolute Gasteiger partial charge is 0.381 e. The van der Waals surface area contributed by atoms with E-state index in [0.29, 0.717) is 5.56 Å². The summed E-state index contributed by atoms with van der Waals surface area (Å²) in [4.78, 5) is 0. The molecular formula is C17H18N2. The third-order valence-corrected chi connectivity index (χ3v) is 3.32. The van der Waals surface area contributed by atoms with E-state index < -0.39 is 0 Å². The molecule has 0 aliphatic carbocycles. The Balaban J connectivity index is 2.13. The first-order valence-electron chi connectivity index (χ1n) is 6.41. The van der Waals surface area contributed by atoms with Crippen LogP contribution in [0.2, 0.25) is 0 Å². The molecule has 96 valence electrons. The van der Waals surface area contributed by atoms with E-state index in [9.17, 15) is 0 Å². The second kappa shape index (κ2) is 5.58. The van der Waals surface area contributed by atoms with Gasteiger partial charge in [0.1, 0.15) is 0 Å². The molecule has 0 saturated heterocycles. The zero-order valence-electron chi connectivity index (χ0n) is 11.6. The summed E-state index contributed by atoms with van der Waals surface area (Å²) in [5.74, 6) is 0. The van der Waals surface area contributed by atoms with Crippen molar-refractivity contribution >= 4 is 5.69 Å². The average molecular weight is 250 g/mol. The van der Waals surface area contributed by atoms with Crippen LogP contribution in [0.25, 0.3) is 0 Å². The van der Waals surface area contributed by atoms with Crippen molar-refractivity contribution in [3.8, 4) is 6.07 Å². The molecule has 2 rings (SSSR count). The van der Waals surface area contributed by atoms with Crippen LogP contribution in [0.5, 0.6) is 0 Å². The van der Waals surface area contributed by atoms with Gasteiger partial charge in [0.05, 0.1) is 11.6 Å². The van der Waals surface area contributed by atoms with Crippen molar-refractivity contribution in [2.75, 3.05) is 5.32 Å². The van der Waals surface area contributed by atoms with Gasteiger partial charge in [0.2, 0.25) is 0 Å². The van der Waals surface area contributed by atoms with Crippen LogP contribution in [0, 0.1) is 32.1 Å². The lowest BCUT2D eigenvalue weighted by Gasteiger charge is -2.12. The molecule has 19 heavy (non-hydrogen) atoms. The van der Waals surface area contributed by atoms with E-state index in [1.807, 2.05) is 25.1 Å². The fourth-order valence-corrected chi connectivity index (χ4v) is 2.17. The highest BCUT2D eigenvalue weighted by atomic mass is 14.9. The van der Waals surface area contributed by atoms with Crippen molar-refractivity contribution in [3.63, 3.8) is 0 Å². The summed E-state index contributed by atoms with van der Waals surface area (Å²) in [5.41, 5.74) is 6.78. The number of nitriles is 1. The molecule has 0 aromatic heterocycles. The molecule has 0 saturated carbocycles. The number of hydrogen-bond acceptors (Lipinski definition) is 2. The number of benzene rings is 2. The lowest BCUT2D eigenvalue weighted by Crippen LogP contribution is -2.03. The highest BCUT2D eigenvalue weighted by Gasteiger charge is 2.02. The lowest BCUT2D eigenvalue weighted by molar-refractivity contribution is 1.11.